The summed E-state index contributed by atoms with van der Waals surface area (Å²) >= 11 is 0. The van der Waals surface area contributed by atoms with Crippen molar-refractivity contribution in [3.63, 3.8) is 0 Å². The maximum absolute atomic E-state index is 12.1. The van der Waals surface area contributed by atoms with Gasteiger partial charge in [0.2, 0.25) is 11.8 Å². The van der Waals surface area contributed by atoms with Gasteiger partial charge in [-0.1, -0.05) is 54.6 Å². The lowest BCUT2D eigenvalue weighted by Gasteiger charge is -2.17. The number of hydrogen-bond acceptors (Lipinski definition) is 3. The van der Waals surface area contributed by atoms with Crippen molar-refractivity contribution in [3.05, 3.63) is 71.3 Å². The molecule has 0 bridgehead atoms. The van der Waals surface area contributed by atoms with E-state index < -0.39 is 0 Å². The molecule has 0 unspecified atom stereocenters. The molecule has 1 aliphatic heterocycles. The maximum atomic E-state index is 12.1. The average Bonchev–Trinajstić information content (AvgIpc) is 3.19. The molecule has 0 aliphatic carbocycles. The van der Waals surface area contributed by atoms with Crippen molar-refractivity contribution in [1.29, 1.82) is 0 Å². The van der Waals surface area contributed by atoms with Crippen LogP contribution in [0.5, 0.6) is 0 Å². The van der Waals surface area contributed by atoms with Crippen molar-refractivity contribution in [2.75, 3.05) is 19.6 Å². The molecule has 27 heavy (non-hydrogen) atoms. The van der Waals surface area contributed by atoms with E-state index in [1.165, 1.54) is 18.4 Å². The van der Waals surface area contributed by atoms with Crippen LogP contribution in [0.1, 0.15) is 29.5 Å². The summed E-state index contributed by atoms with van der Waals surface area (Å²) in [5, 5.41) is 5.59. The number of benzene rings is 2. The standard InChI is InChI=1S/C22H27N3O2/c26-21(14-18-8-2-1-3-9-18)24-16-22(27)23-15-19-10-4-5-11-20(19)17-25-12-6-7-13-25/h1-5,8-11H,6-7,12-17H2,(H,23,27)(H,24,26). The van der Waals surface area contributed by atoms with E-state index in [9.17, 15) is 9.59 Å². The molecule has 0 radical (unpaired) electrons. The number of nitrogens with one attached hydrogen (secondary N) is 2. The molecule has 5 heteroatoms. The highest BCUT2D eigenvalue weighted by Crippen LogP contribution is 2.16. The second kappa shape index (κ2) is 9.88. The van der Waals surface area contributed by atoms with Gasteiger partial charge in [0.15, 0.2) is 0 Å². The van der Waals surface area contributed by atoms with Crippen LogP contribution >= 0.6 is 0 Å². The topological polar surface area (TPSA) is 61.4 Å². The summed E-state index contributed by atoms with van der Waals surface area (Å²) in [6.07, 6.45) is 2.82. The highest BCUT2D eigenvalue weighted by Gasteiger charge is 2.14. The van der Waals surface area contributed by atoms with E-state index >= 15 is 0 Å². The fraction of sp³-hybridized carbons (Fsp3) is 0.364. The van der Waals surface area contributed by atoms with Gasteiger partial charge in [-0.25, -0.2) is 0 Å². The van der Waals surface area contributed by atoms with Crippen LogP contribution < -0.4 is 10.6 Å². The minimum Gasteiger partial charge on any atom is -0.350 e. The van der Waals surface area contributed by atoms with Crippen LogP contribution in [0.25, 0.3) is 0 Å². The van der Waals surface area contributed by atoms with Gasteiger partial charge in [-0.05, 0) is 42.6 Å². The van der Waals surface area contributed by atoms with Gasteiger partial charge in [-0.3, -0.25) is 14.5 Å². The molecule has 1 aliphatic rings. The normalized spacial score (nSPS) is 14.1. The van der Waals surface area contributed by atoms with E-state index in [-0.39, 0.29) is 24.8 Å². The third-order valence-corrected chi connectivity index (χ3v) is 4.84. The number of rotatable bonds is 8. The number of amides is 2. The first-order valence-electron chi connectivity index (χ1n) is 9.57. The molecule has 0 atom stereocenters. The Morgan fingerprint density at radius 3 is 2.22 bits per heavy atom. The van der Waals surface area contributed by atoms with Gasteiger partial charge in [0.25, 0.3) is 0 Å². The molecule has 3 rings (SSSR count). The van der Waals surface area contributed by atoms with Crippen molar-refractivity contribution in [1.82, 2.24) is 15.5 Å². The summed E-state index contributed by atoms with van der Waals surface area (Å²) in [6, 6.07) is 17.7. The Hall–Kier alpha value is -2.66. The highest BCUT2D eigenvalue weighted by molar-refractivity contribution is 5.85. The molecule has 2 aromatic carbocycles. The molecule has 1 saturated heterocycles. The molecule has 142 valence electrons. The monoisotopic (exact) mass is 365 g/mol. The maximum Gasteiger partial charge on any atom is 0.239 e. The summed E-state index contributed by atoms with van der Waals surface area (Å²) in [6.45, 7) is 3.71. The van der Waals surface area contributed by atoms with Crippen LogP contribution in [-0.2, 0) is 29.1 Å². The van der Waals surface area contributed by atoms with E-state index in [1.54, 1.807) is 0 Å². The van der Waals surface area contributed by atoms with Crippen LogP contribution in [0.2, 0.25) is 0 Å². The number of carbonyl (C=O) groups is 2. The lowest BCUT2D eigenvalue weighted by Crippen LogP contribution is -2.37. The van der Waals surface area contributed by atoms with Crippen LogP contribution in [0.4, 0.5) is 0 Å². The lowest BCUT2D eigenvalue weighted by atomic mass is 10.1. The molecule has 1 heterocycles. The lowest BCUT2D eigenvalue weighted by molar-refractivity contribution is -0.125. The Morgan fingerprint density at radius 2 is 1.48 bits per heavy atom. The fourth-order valence-electron chi connectivity index (χ4n) is 3.34. The Labute approximate surface area is 160 Å². The van der Waals surface area contributed by atoms with Crippen molar-refractivity contribution in [3.8, 4) is 0 Å². The summed E-state index contributed by atoms with van der Waals surface area (Å²) in [4.78, 5) is 26.5. The Morgan fingerprint density at radius 1 is 0.815 bits per heavy atom. The first-order chi connectivity index (χ1) is 13.2. The minimum absolute atomic E-state index is 0.0000409. The van der Waals surface area contributed by atoms with Crippen molar-refractivity contribution in [2.45, 2.75) is 32.4 Å². The van der Waals surface area contributed by atoms with E-state index in [2.05, 4.69) is 27.7 Å². The van der Waals surface area contributed by atoms with Gasteiger partial charge in [0.05, 0.1) is 13.0 Å². The zero-order chi connectivity index (χ0) is 18.9. The van der Waals surface area contributed by atoms with Gasteiger partial charge in [-0.2, -0.15) is 0 Å². The number of carbonyl (C=O) groups excluding carboxylic acids is 2. The zero-order valence-corrected chi connectivity index (χ0v) is 15.6. The number of nitrogens with zero attached hydrogens (tertiary/aromatic N) is 1. The Kier molecular flexibility index (Phi) is 6.99. The molecule has 0 saturated carbocycles. The molecule has 0 spiro atoms. The van der Waals surface area contributed by atoms with Gasteiger partial charge < -0.3 is 10.6 Å². The van der Waals surface area contributed by atoms with Gasteiger partial charge >= 0.3 is 0 Å². The van der Waals surface area contributed by atoms with Crippen molar-refractivity contribution in [2.24, 2.45) is 0 Å². The van der Waals surface area contributed by atoms with E-state index in [0.717, 1.165) is 30.8 Å². The predicted molar refractivity (Wildman–Crippen MR) is 106 cm³/mol. The Balaban J connectivity index is 1.43. The highest BCUT2D eigenvalue weighted by atomic mass is 16.2. The fourth-order valence-corrected chi connectivity index (χ4v) is 3.34. The van der Waals surface area contributed by atoms with Crippen LogP contribution in [-0.4, -0.2) is 36.3 Å². The third kappa shape index (κ3) is 6.22. The van der Waals surface area contributed by atoms with Crippen molar-refractivity contribution < 1.29 is 9.59 Å². The summed E-state index contributed by atoms with van der Waals surface area (Å²) < 4.78 is 0. The van der Waals surface area contributed by atoms with Gasteiger partial charge in [0.1, 0.15) is 0 Å². The summed E-state index contributed by atoms with van der Waals surface area (Å²) in [5.41, 5.74) is 3.33. The second-order valence-electron chi connectivity index (χ2n) is 6.97. The predicted octanol–water partition coefficient (Wildman–Crippen LogP) is 2.26. The van der Waals surface area contributed by atoms with E-state index in [4.69, 9.17) is 0 Å². The SMILES string of the molecule is O=C(CNC(=O)Cc1ccccc1)NCc1ccccc1CN1CCCC1. The number of likely N-dealkylation sites (tertiary alicyclic amines) is 1. The third-order valence-electron chi connectivity index (χ3n) is 4.84. The molecule has 1 fully saturated rings. The Bertz CT molecular complexity index is 755. The largest absolute Gasteiger partial charge is 0.350 e. The molecule has 5 nitrogen and oxygen atoms in total. The van der Waals surface area contributed by atoms with Crippen LogP contribution in [0.15, 0.2) is 54.6 Å². The average molecular weight is 365 g/mol. The zero-order valence-electron chi connectivity index (χ0n) is 15.6. The molecular formula is C22H27N3O2. The van der Waals surface area contributed by atoms with Gasteiger partial charge in [0, 0.05) is 13.1 Å². The second-order valence-corrected chi connectivity index (χ2v) is 6.97. The quantitative estimate of drug-likeness (QED) is 0.754. The van der Waals surface area contributed by atoms with E-state index in [1.807, 2.05) is 42.5 Å². The van der Waals surface area contributed by atoms with Crippen molar-refractivity contribution >= 4 is 11.8 Å². The molecule has 0 aromatic heterocycles. The molecule has 2 N–H and O–H groups in total. The minimum atomic E-state index is -0.174. The van der Waals surface area contributed by atoms with E-state index in [0.29, 0.717) is 6.54 Å². The summed E-state index contributed by atoms with van der Waals surface area (Å²) in [5.74, 6) is -0.321. The summed E-state index contributed by atoms with van der Waals surface area (Å²) in [7, 11) is 0. The molecular weight excluding hydrogens is 338 g/mol. The molecule has 2 amide bonds. The van der Waals surface area contributed by atoms with Crippen LogP contribution in [0.3, 0.4) is 0 Å². The first kappa shape index (κ1) is 19.1. The smallest absolute Gasteiger partial charge is 0.239 e. The molecule has 2 aromatic rings. The first-order valence-corrected chi connectivity index (χ1v) is 9.57. The van der Waals surface area contributed by atoms with Crippen LogP contribution in [0, 0.1) is 0 Å². The number of hydrogen-bond donors (Lipinski definition) is 2. The van der Waals surface area contributed by atoms with Gasteiger partial charge in [-0.15, -0.1) is 0 Å².